The Kier molecular flexibility index (Phi) is 6.87. The van der Waals surface area contributed by atoms with Gasteiger partial charge >= 0.3 is 0 Å². The molecule has 2 saturated heterocycles. The van der Waals surface area contributed by atoms with Gasteiger partial charge in [0, 0.05) is 32.2 Å². The lowest BCUT2D eigenvalue weighted by atomic mass is 10.1. The van der Waals surface area contributed by atoms with Gasteiger partial charge in [-0.1, -0.05) is 0 Å². The highest BCUT2D eigenvalue weighted by atomic mass is 16.5. The predicted molar refractivity (Wildman–Crippen MR) is 92.8 cm³/mol. The van der Waals surface area contributed by atoms with E-state index in [1.807, 2.05) is 20.8 Å². The summed E-state index contributed by atoms with van der Waals surface area (Å²) in [5, 5.41) is 10.3. The van der Waals surface area contributed by atoms with Gasteiger partial charge in [0.2, 0.25) is 0 Å². The van der Waals surface area contributed by atoms with Gasteiger partial charge in [-0.2, -0.15) is 0 Å². The van der Waals surface area contributed by atoms with E-state index in [1.54, 1.807) is 0 Å². The summed E-state index contributed by atoms with van der Waals surface area (Å²) in [5.41, 5.74) is -0.189. The van der Waals surface area contributed by atoms with E-state index < -0.39 is 6.10 Å². The van der Waals surface area contributed by atoms with E-state index in [0.717, 1.165) is 32.7 Å². The molecule has 4 atom stereocenters. The van der Waals surface area contributed by atoms with Crippen molar-refractivity contribution in [2.24, 2.45) is 0 Å². The van der Waals surface area contributed by atoms with Crippen molar-refractivity contribution in [3.8, 4) is 0 Å². The first-order valence-electron chi connectivity index (χ1n) is 9.17. The van der Waals surface area contributed by atoms with Crippen LogP contribution in [0.4, 0.5) is 0 Å². The molecule has 136 valence electrons. The topological polar surface area (TPSA) is 45.2 Å². The second-order valence-corrected chi connectivity index (χ2v) is 8.34. The fraction of sp³-hybridized carbons (Fsp3) is 1.00. The van der Waals surface area contributed by atoms with E-state index in [0.29, 0.717) is 24.9 Å². The van der Waals surface area contributed by atoms with Crippen molar-refractivity contribution in [3.63, 3.8) is 0 Å². The smallest absolute Gasteiger partial charge is 0.0900 e. The largest absolute Gasteiger partial charge is 0.389 e. The van der Waals surface area contributed by atoms with Crippen molar-refractivity contribution in [1.29, 1.82) is 0 Å². The molecule has 0 aromatic heterocycles. The first kappa shape index (κ1) is 19.1. The van der Waals surface area contributed by atoms with Gasteiger partial charge in [-0.05, 0) is 54.0 Å². The molecule has 4 unspecified atom stereocenters. The Morgan fingerprint density at radius 1 is 1.22 bits per heavy atom. The predicted octanol–water partition coefficient (Wildman–Crippen LogP) is 1.74. The average Bonchev–Trinajstić information content (AvgIpc) is 2.81. The van der Waals surface area contributed by atoms with Crippen molar-refractivity contribution in [3.05, 3.63) is 0 Å². The molecule has 2 aliphatic heterocycles. The summed E-state index contributed by atoms with van der Waals surface area (Å²) < 4.78 is 11.5. The first-order valence-corrected chi connectivity index (χ1v) is 9.17. The van der Waals surface area contributed by atoms with Crippen LogP contribution in [0.3, 0.4) is 0 Å². The SMILES string of the molecule is CC1CN(CC2CCCN2CC(O)COC(C)(C)C)CC(C)O1. The summed E-state index contributed by atoms with van der Waals surface area (Å²) in [6.07, 6.45) is 2.69. The fourth-order valence-electron chi connectivity index (χ4n) is 3.74. The summed E-state index contributed by atoms with van der Waals surface area (Å²) in [6.45, 7) is 15.7. The Bertz CT molecular complexity index is 349. The van der Waals surface area contributed by atoms with Crippen molar-refractivity contribution < 1.29 is 14.6 Å². The third-order valence-corrected chi connectivity index (χ3v) is 4.62. The highest BCUT2D eigenvalue weighted by molar-refractivity contribution is 4.85. The molecule has 0 spiro atoms. The zero-order valence-corrected chi connectivity index (χ0v) is 15.6. The van der Waals surface area contributed by atoms with Gasteiger partial charge in [-0.25, -0.2) is 0 Å². The molecule has 23 heavy (non-hydrogen) atoms. The highest BCUT2D eigenvalue weighted by Crippen LogP contribution is 2.21. The molecule has 0 aromatic rings. The summed E-state index contributed by atoms with van der Waals surface area (Å²) in [7, 11) is 0. The molecule has 0 radical (unpaired) electrons. The fourth-order valence-corrected chi connectivity index (χ4v) is 3.74. The van der Waals surface area contributed by atoms with Crippen LogP contribution >= 0.6 is 0 Å². The maximum atomic E-state index is 10.3. The quantitative estimate of drug-likeness (QED) is 0.805. The molecule has 0 bridgehead atoms. The Morgan fingerprint density at radius 3 is 2.48 bits per heavy atom. The third-order valence-electron chi connectivity index (χ3n) is 4.62. The van der Waals surface area contributed by atoms with E-state index in [1.165, 1.54) is 12.8 Å². The molecule has 1 N–H and O–H groups in total. The average molecular weight is 328 g/mol. The van der Waals surface area contributed by atoms with Gasteiger partial charge in [-0.15, -0.1) is 0 Å². The maximum absolute atomic E-state index is 10.3. The minimum Gasteiger partial charge on any atom is -0.389 e. The van der Waals surface area contributed by atoms with Crippen LogP contribution < -0.4 is 0 Å². The lowest BCUT2D eigenvalue weighted by Gasteiger charge is -2.38. The first-order chi connectivity index (χ1) is 10.7. The number of aliphatic hydroxyl groups is 1. The van der Waals surface area contributed by atoms with Crippen molar-refractivity contribution in [2.75, 3.05) is 39.3 Å². The Labute approximate surface area is 141 Å². The van der Waals surface area contributed by atoms with Crippen LogP contribution in [0.5, 0.6) is 0 Å². The zero-order valence-electron chi connectivity index (χ0n) is 15.6. The van der Waals surface area contributed by atoms with E-state index in [-0.39, 0.29) is 5.60 Å². The number of morpholine rings is 1. The van der Waals surface area contributed by atoms with E-state index in [4.69, 9.17) is 9.47 Å². The van der Waals surface area contributed by atoms with Gasteiger partial charge < -0.3 is 14.6 Å². The molecular weight excluding hydrogens is 292 g/mol. The number of β-amino-alcohol motifs (C(OH)–C–C–N with tert-alkyl or cyclic N) is 1. The van der Waals surface area contributed by atoms with Crippen LogP contribution in [0.25, 0.3) is 0 Å². The molecule has 0 saturated carbocycles. The second kappa shape index (κ2) is 8.26. The van der Waals surface area contributed by atoms with E-state index in [9.17, 15) is 5.11 Å². The highest BCUT2D eigenvalue weighted by Gasteiger charge is 2.31. The molecule has 2 aliphatic rings. The summed E-state index contributed by atoms with van der Waals surface area (Å²) >= 11 is 0. The van der Waals surface area contributed by atoms with Gasteiger partial charge in [0.05, 0.1) is 30.5 Å². The minimum absolute atomic E-state index is 0.189. The maximum Gasteiger partial charge on any atom is 0.0900 e. The van der Waals surface area contributed by atoms with Crippen molar-refractivity contribution in [2.45, 2.75) is 77.4 Å². The van der Waals surface area contributed by atoms with Gasteiger partial charge in [-0.3, -0.25) is 9.80 Å². The monoisotopic (exact) mass is 328 g/mol. The Balaban J connectivity index is 1.78. The van der Waals surface area contributed by atoms with Crippen LogP contribution in [0.15, 0.2) is 0 Å². The summed E-state index contributed by atoms with van der Waals surface area (Å²) in [6, 6.07) is 0.553. The molecule has 2 fully saturated rings. The number of likely N-dealkylation sites (tertiary alicyclic amines) is 1. The van der Waals surface area contributed by atoms with Gasteiger partial charge in [0.1, 0.15) is 0 Å². The van der Waals surface area contributed by atoms with Crippen molar-refractivity contribution >= 4 is 0 Å². The molecule has 0 aliphatic carbocycles. The number of nitrogens with zero attached hydrogens (tertiary/aromatic N) is 2. The van der Waals surface area contributed by atoms with Crippen LogP contribution in [0.1, 0.15) is 47.5 Å². The standard InChI is InChI=1S/C18H36N2O3/c1-14-9-19(10-15(2)23-14)11-16-7-6-8-20(16)12-17(21)13-22-18(3,4)5/h14-17,21H,6-13H2,1-5H3. The number of hydrogen-bond donors (Lipinski definition) is 1. The van der Waals surface area contributed by atoms with E-state index >= 15 is 0 Å². The zero-order chi connectivity index (χ0) is 17.0. The van der Waals surface area contributed by atoms with Crippen LogP contribution in [-0.4, -0.2) is 84.2 Å². The van der Waals surface area contributed by atoms with Crippen molar-refractivity contribution in [1.82, 2.24) is 9.80 Å². The van der Waals surface area contributed by atoms with Crippen LogP contribution in [0, 0.1) is 0 Å². The Morgan fingerprint density at radius 2 is 1.87 bits per heavy atom. The molecule has 2 rings (SSSR count). The number of rotatable bonds is 6. The van der Waals surface area contributed by atoms with Crippen LogP contribution in [0.2, 0.25) is 0 Å². The summed E-state index contributed by atoms with van der Waals surface area (Å²) in [5.74, 6) is 0. The lowest BCUT2D eigenvalue weighted by molar-refractivity contribution is -0.0759. The number of hydrogen-bond acceptors (Lipinski definition) is 5. The molecule has 5 heteroatoms. The third kappa shape index (κ3) is 6.67. The van der Waals surface area contributed by atoms with Gasteiger partial charge in [0.25, 0.3) is 0 Å². The molecule has 0 amide bonds. The lowest BCUT2D eigenvalue weighted by Crippen LogP contribution is -2.51. The normalized spacial score (nSPS) is 32.3. The van der Waals surface area contributed by atoms with Crippen LogP contribution in [-0.2, 0) is 9.47 Å². The number of ether oxygens (including phenoxy) is 2. The van der Waals surface area contributed by atoms with E-state index in [2.05, 4.69) is 23.6 Å². The molecule has 2 heterocycles. The summed E-state index contributed by atoms with van der Waals surface area (Å²) in [4.78, 5) is 4.97. The Hall–Kier alpha value is -0.200. The molecule has 5 nitrogen and oxygen atoms in total. The molecule has 0 aromatic carbocycles. The minimum atomic E-state index is -0.405. The van der Waals surface area contributed by atoms with Gasteiger partial charge in [0.15, 0.2) is 0 Å². The number of aliphatic hydroxyl groups excluding tert-OH is 1. The second-order valence-electron chi connectivity index (χ2n) is 8.34. The molecular formula is C18H36N2O3.